The minimum absolute atomic E-state index is 0.00131. The van der Waals surface area contributed by atoms with E-state index < -0.39 is 17.7 Å². The Morgan fingerprint density at radius 3 is 2.38 bits per heavy atom. The maximum Gasteiger partial charge on any atom is 0.312 e. The fourth-order valence-electron chi connectivity index (χ4n) is 2.75. The number of carbonyl (C=O) groups is 2. The van der Waals surface area contributed by atoms with Gasteiger partial charge in [0.2, 0.25) is 5.91 Å². The van der Waals surface area contributed by atoms with Crippen molar-refractivity contribution in [1.29, 1.82) is 0 Å². The first-order valence-electron chi connectivity index (χ1n) is 7.34. The molecule has 1 aromatic rings. The first-order chi connectivity index (χ1) is 10.1. The van der Waals surface area contributed by atoms with E-state index in [-0.39, 0.29) is 18.4 Å². The highest BCUT2D eigenvalue weighted by Gasteiger charge is 2.24. The van der Waals surface area contributed by atoms with Gasteiger partial charge in [0.25, 0.3) is 0 Å². The second kappa shape index (κ2) is 7.20. The third-order valence-electron chi connectivity index (χ3n) is 4.03. The number of carboxylic acid groups (broad SMARTS) is 1. The molecule has 1 amide bonds. The van der Waals surface area contributed by atoms with Crippen molar-refractivity contribution in [3.8, 4) is 0 Å². The minimum atomic E-state index is -1.02. The molecule has 21 heavy (non-hydrogen) atoms. The molecule has 114 valence electrons. The van der Waals surface area contributed by atoms with E-state index in [9.17, 15) is 19.1 Å². The van der Waals surface area contributed by atoms with Gasteiger partial charge in [0.15, 0.2) is 0 Å². The second-order valence-electron chi connectivity index (χ2n) is 5.52. The van der Waals surface area contributed by atoms with Crippen LogP contribution < -0.4 is 5.32 Å². The number of amides is 1. The largest absolute Gasteiger partial charge is 0.481 e. The Labute approximate surface area is 123 Å². The van der Waals surface area contributed by atoms with Gasteiger partial charge in [-0.1, -0.05) is 31.4 Å². The van der Waals surface area contributed by atoms with Crippen molar-refractivity contribution in [2.24, 2.45) is 5.92 Å². The van der Waals surface area contributed by atoms with Gasteiger partial charge in [-0.2, -0.15) is 0 Å². The van der Waals surface area contributed by atoms with Crippen LogP contribution in [-0.4, -0.2) is 23.5 Å². The lowest BCUT2D eigenvalue weighted by Crippen LogP contribution is -2.36. The maximum atomic E-state index is 12.9. The summed E-state index contributed by atoms with van der Waals surface area (Å²) in [4.78, 5) is 23.4. The first kappa shape index (κ1) is 15.5. The summed E-state index contributed by atoms with van der Waals surface area (Å²) in [5.41, 5.74) is 0.493. The van der Waals surface area contributed by atoms with Crippen LogP contribution in [0.5, 0.6) is 0 Å². The number of halogens is 1. The molecule has 0 spiro atoms. The Morgan fingerprint density at radius 2 is 1.81 bits per heavy atom. The topological polar surface area (TPSA) is 66.4 Å². The molecule has 1 fully saturated rings. The smallest absolute Gasteiger partial charge is 0.312 e. The lowest BCUT2D eigenvalue weighted by atomic mass is 9.88. The molecular weight excluding hydrogens is 273 g/mol. The summed E-state index contributed by atoms with van der Waals surface area (Å²) >= 11 is 0. The van der Waals surface area contributed by atoms with Crippen LogP contribution in [0, 0.1) is 11.7 Å². The Kier molecular flexibility index (Phi) is 5.31. The van der Waals surface area contributed by atoms with E-state index in [2.05, 4.69) is 5.32 Å². The number of aliphatic carboxylic acids is 1. The lowest BCUT2D eigenvalue weighted by molar-refractivity contribution is -0.138. The molecule has 1 unspecified atom stereocenters. The first-order valence-corrected chi connectivity index (χ1v) is 7.34. The van der Waals surface area contributed by atoms with Crippen LogP contribution in [0.4, 0.5) is 4.39 Å². The van der Waals surface area contributed by atoms with E-state index in [1.807, 2.05) is 0 Å². The zero-order valence-electron chi connectivity index (χ0n) is 11.8. The minimum Gasteiger partial charge on any atom is -0.481 e. The predicted octanol–water partition coefficient (Wildman–Crippen LogP) is 2.69. The van der Waals surface area contributed by atoms with Gasteiger partial charge in [0.1, 0.15) is 5.82 Å². The summed E-state index contributed by atoms with van der Waals surface area (Å²) in [6, 6.07) is 5.35. The molecule has 1 aliphatic carbocycles. The number of carboxylic acids is 1. The van der Waals surface area contributed by atoms with Gasteiger partial charge in [-0.25, -0.2) is 4.39 Å². The zero-order valence-corrected chi connectivity index (χ0v) is 11.8. The highest BCUT2D eigenvalue weighted by molar-refractivity contribution is 5.81. The van der Waals surface area contributed by atoms with Crippen molar-refractivity contribution in [3.05, 3.63) is 35.6 Å². The third kappa shape index (κ3) is 4.28. The van der Waals surface area contributed by atoms with Crippen molar-refractivity contribution in [3.63, 3.8) is 0 Å². The monoisotopic (exact) mass is 293 g/mol. The summed E-state index contributed by atoms with van der Waals surface area (Å²) in [6.07, 6.45) is 5.02. The highest BCUT2D eigenvalue weighted by atomic mass is 19.1. The van der Waals surface area contributed by atoms with Crippen LogP contribution in [0.1, 0.15) is 43.6 Å². The molecule has 1 aromatic carbocycles. The standard InChI is InChI=1S/C16H20FNO3/c17-13-8-6-11(7-9-13)14(16(20)21)10-18-15(19)12-4-2-1-3-5-12/h6-9,12,14H,1-5,10H2,(H,18,19)(H,20,21). The summed E-state index contributed by atoms with van der Waals surface area (Å²) in [5, 5.41) is 12.0. The molecule has 0 saturated heterocycles. The fourth-order valence-corrected chi connectivity index (χ4v) is 2.75. The van der Waals surface area contributed by atoms with Gasteiger partial charge in [0, 0.05) is 12.5 Å². The number of hydrogen-bond acceptors (Lipinski definition) is 2. The molecule has 0 bridgehead atoms. The van der Waals surface area contributed by atoms with E-state index in [0.29, 0.717) is 5.56 Å². The number of rotatable bonds is 5. The van der Waals surface area contributed by atoms with Gasteiger partial charge in [0.05, 0.1) is 5.92 Å². The van der Waals surface area contributed by atoms with Gasteiger partial charge in [-0.05, 0) is 30.5 Å². The van der Waals surface area contributed by atoms with Crippen molar-refractivity contribution in [2.45, 2.75) is 38.0 Å². The highest BCUT2D eigenvalue weighted by Crippen LogP contribution is 2.24. The van der Waals surface area contributed by atoms with E-state index in [1.54, 1.807) is 0 Å². The Morgan fingerprint density at radius 1 is 1.19 bits per heavy atom. The molecule has 5 heteroatoms. The van der Waals surface area contributed by atoms with E-state index in [1.165, 1.54) is 24.3 Å². The molecule has 2 rings (SSSR count). The van der Waals surface area contributed by atoms with Crippen LogP contribution in [0.15, 0.2) is 24.3 Å². The average Bonchev–Trinajstić information content (AvgIpc) is 2.49. The molecule has 1 atom stereocenters. The number of carbonyl (C=O) groups excluding carboxylic acids is 1. The second-order valence-corrected chi connectivity index (χ2v) is 5.52. The molecule has 0 heterocycles. The molecule has 0 aromatic heterocycles. The van der Waals surface area contributed by atoms with Gasteiger partial charge < -0.3 is 10.4 Å². The zero-order chi connectivity index (χ0) is 15.2. The van der Waals surface area contributed by atoms with E-state index >= 15 is 0 Å². The summed E-state index contributed by atoms with van der Waals surface area (Å²) < 4.78 is 12.9. The number of benzene rings is 1. The molecule has 1 aliphatic rings. The Bertz CT molecular complexity index is 495. The predicted molar refractivity (Wildman–Crippen MR) is 76.4 cm³/mol. The van der Waals surface area contributed by atoms with Crippen LogP contribution in [0.3, 0.4) is 0 Å². The Balaban J connectivity index is 1.95. The molecule has 2 N–H and O–H groups in total. The lowest BCUT2D eigenvalue weighted by Gasteiger charge is -2.22. The van der Waals surface area contributed by atoms with Crippen molar-refractivity contribution in [1.82, 2.24) is 5.32 Å². The van der Waals surface area contributed by atoms with E-state index in [0.717, 1.165) is 32.1 Å². The van der Waals surface area contributed by atoms with Crippen molar-refractivity contribution in [2.75, 3.05) is 6.54 Å². The number of nitrogens with one attached hydrogen (secondary N) is 1. The average molecular weight is 293 g/mol. The van der Waals surface area contributed by atoms with Crippen LogP contribution in [0.2, 0.25) is 0 Å². The maximum absolute atomic E-state index is 12.9. The quantitative estimate of drug-likeness (QED) is 0.877. The molecule has 4 nitrogen and oxygen atoms in total. The van der Waals surface area contributed by atoms with Crippen LogP contribution >= 0.6 is 0 Å². The molecular formula is C16H20FNO3. The van der Waals surface area contributed by atoms with Crippen molar-refractivity contribution >= 4 is 11.9 Å². The summed E-state index contributed by atoms with van der Waals surface area (Å²) in [7, 11) is 0. The third-order valence-corrected chi connectivity index (χ3v) is 4.03. The normalized spacial score (nSPS) is 17.2. The summed E-state index contributed by atoms with van der Waals surface area (Å²) in [6.45, 7) is 0.0380. The number of hydrogen-bond donors (Lipinski definition) is 2. The van der Waals surface area contributed by atoms with E-state index in [4.69, 9.17) is 0 Å². The summed E-state index contributed by atoms with van der Waals surface area (Å²) in [5.74, 6) is -2.35. The van der Waals surface area contributed by atoms with Gasteiger partial charge in [-0.15, -0.1) is 0 Å². The molecule has 0 radical (unpaired) electrons. The fraction of sp³-hybridized carbons (Fsp3) is 0.500. The Hall–Kier alpha value is -1.91. The van der Waals surface area contributed by atoms with Gasteiger partial charge in [-0.3, -0.25) is 9.59 Å². The van der Waals surface area contributed by atoms with Crippen LogP contribution in [-0.2, 0) is 9.59 Å². The van der Waals surface area contributed by atoms with Gasteiger partial charge >= 0.3 is 5.97 Å². The molecule has 1 saturated carbocycles. The SMILES string of the molecule is O=C(NCC(C(=O)O)c1ccc(F)cc1)C1CCCCC1. The van der Waals surface area contributed by atoms with Crippen LogP contribution in [0.25, 0.3) is 0 Å². The van der Waals surface area contributed by atoms with Crippen molar-refractivity contribution < 1.29 is 19.1 Å². The molecule has 0 aliphatic heterocycles.